The van der Waals surface area contributed by atoms with Gasteiger partial charge in [0.15, 0.2) is 12.0 Å². The number of quaternary nitrogens is 1. The molecule has 0 aromatic heterocycles. The molecule has 0 aliphatic heterocycles. The highest BCUT2D eigenvalue weighted by molar-refractivity contribution is 9.10. The van der Waals surface area contributed by atoms with E-state index in [0.29, 0.717) is 10.8 Å². The highest BCUT2D eigenvalue weighted by atomic mass is 79.9. The van der Waals surface area contributed by atoms with E-state index in [-0.39, 0.29) is 11.3 Å². The fourth-order valence-electron chi connectivity index (χ4n) is 0.873. The van der Waals surface area contributed by atoms with Crippen molar-refractivity contribution >= 4 is 27.9 Å². The summed E-state index contributed by atoms with van der Waals surface area (Å²) in [5.41, 5.74) is -0.344. The normalized spacial score (nSPS) is 12.5. The van der Waals surface area contributed by atoms with Crippen LogP contribution in [0.25, 0.3) is 0 Å². The molecule has 1 unspecified atom stereocenters. The van der Waals surface area contributed by atoms with Gasteiger partial charge in [-0.15, -0.1) is 0 Å². The second kappa shape index (κ2) is 3.84. The molecule has 0 saturated heterocycles. The molecule has 6 heteroatoms. The number of carbonyl (C=O) groups excluding carboxylic acids is 1. The third-order valence-electron chi connectivity index (χ3n) is 1.46. The maximum Gasteiger partial charge on any atom is 0.207 e. The van der Waals surface area contributed by atoms with E-state index in [4.69, 9.17) is 5.21 Å². The van der Waals surface area contributed by atoms with Crippen molar-refractivity contribution < 1.29 is 20.3 Å². The average molecular weight is 248 g/mol. The number of hydrogen-bond acceptors (Lipinski definition) is 4. The first-order valence-electron chi connectivity index (χ1n) is 3.27. The van der Waals surface area contributed by atoms with Gasteiger partial charge in [-0.3, -0.25) is 4.79 Å². The van der Waals surface area contributed by atoms with E-state index in [2.05, 4.69) is 15.9 Å². The Balaban J connectivity index is 3.35. The molecule has 13 heavy (non-hydrogen) atoms. The predicted molar refractivity (Wildman–Crippen MR) is 47.0 cm³/mol. The van der Waals surface area contributed by atoms with E-state index in [1.807, 2.05) is 0 Å². The van der Waals surface area contributed by atoms with Crippen LogP contribution in [0.5, 0.6) is 5.75 Å². The Bertz CT molecular complexity index is 340. The van der Waals surface area contributed by atoms with Gasteiger partial charge in [0.2, 0.25) is 5.69 Å². The van der Waals surface area contributed by atoms with Gasteiger partial charge in [-0.25, -0.2) is 5.21 Å². The summed E-state index contributed by atoms with van der Waals surface area (Å²) in [6, 6.07) is 2.57. The average Bonchev–Trinajstić information content (AvgIpc) is 2.08. The number of nitrogens with one attached hydrogen (secondary N) is 1. The maximum atomic E-state index is 10.5. The summed E-state index contributed by atoms with van der Waals surface area (Å²) in [4.78, 5) is 10.4. The van der Waals surface area contributed by atoms with Crippen molar-refractivity contribution in [2.75, 3.05) is 0 Å². The molecule has 1 aromatic carbocycles. The molecule has 0 radical (unpaired) electrons. The van der Waals surface area contributed by atoms with Gasteiger partial charge in [-0.2, -0.15) is 5.23 Å². The van der Waals surface area contributed by atoms with Crippen LogP contribution < -0.4 is 5.23 Å². The Morgan fingerprint density at radius 2 is 2.15 bits per heavy atom. The predicted octanol–water partition coefficient (Wildman–Crippen LogP) is 0.371. The van der Waals surface area contributed by atoms with Crippen LogP contribution in [0.3, 0.4) is 0 Å². The third-order valence-corrected chi connectivity index (χ3v) is 1.92. The summed E-state index contributed by atoms with van der Waals surface area (Å²) in [7, 11) is 0. The van der Waals surface area contributed by atoms with Gasteiger partial charge in [-0.05, 0) is 6.07 Å². The minimum atomic E-state index is -1.28. The molecule has 0 amide bonds. The van der Waals surface area contributed by atoms with Crippen LogP contribution in [0.2, 0.25) is 0 Å². The standard InChI is InChI=1S/C7H6BrNO4/c8-5-1-4(3-10)7(11)6(2-5)9(12)13/h1-3,9,11-12H. The van der Waals surface area contributed by atoms with Crippen LogP contribution in [0.1, 0.15) is 10.4 Å². The van der Waals surface area contributed by atoms with E-state index in [0.717, 1.165) is 0 Å². The van der Waals surface area contributed by atoms with Crippen LogP contribution in [0.4, 0.5) is 5.69 Å². The Morgan fingerprint density at radius 1 is 1.54 bits per heavy atom. The molecule has 0 aliphatic rings. The molecule has 0 fully saturated rings. The van der Waals surface area contributed by atoms with Crippen LogP contribution in [-0.4, -0.2) is 16.6 Å². The zero-order valence-electron chi connectivity index (χ0n) is 6.32. The van der Waals surface area contributed by atoms with Gasteiger partial charge in [-0.1, -0.05) is 15.9 Å². The van der Waals surface area contributed by atoms with Gasteiger partial charge in [0, 0.05) is 10.5 Å². The summed E-state index contributed by atoms with van der Waals surface area (Å²) < 4.78 is 0.435. The second-order valence-corrected chi connectivity index (χ2v) is 3.23. The molecule has 3 N–H and O–H groups in total. The number of phenols is 1. The second-order valence-electron chi connectivity index (χ2n) is 2.31. The van der Waals surface area contributed by atoms with Gasteiger partial charge < -0.3 is 10.3 Å². The number of aldehydes is 1. The zero-order chi connectivity index (χ0) is 10.0. The fraction of sp³-hybridized carbons (Fsp3) is 0. The smallest absolute Gasteiger partial charge is 0.207 e. The van der Waals surface area contributed by atoms with Crippen molar-refractivity contribution in [3.05, 3.63) is 27.4 Å². The molecular formula is C7H6BrNO4. The summed E-state index contributed by atoms with van der Waals surface area (Å²) in [5, 5.41) is 27.1. The number of phenolic OH excluding ortho intramolecular Hbond substituents is 1. The molecule has 0 bridgehead atoms. The maximum absolute atomic E-state index is 10.5. The monoisotopic (exact) mass is 247 g/mol. The molecule has 0 heterocycles. The van der Waals surface area contributed by atoms with Crippen LogP contribution in [0, 0.1) is 5.21 Å². The first-order chi connectivity index (χ1) is 6.06. The molecule has 1 atom stereocenters. The minimum Gasteiger partial charge on any atom is -0.595 e. The number of rotatable bonds is 2. The van der Waals surface area contributed by atoms with Crippen molar-refractivity contribution in [2.24, 2.45) is 0 Å². The molecule has 1 rings (SSSR count). The summed E-state index contributed by atoms with van der Waals surface area (Å²) in [6.07, 6.45) is 0.395. The first-order valence-corrected chi connectivity index (χ1v) is 4.06. The lowest BCUT2D eigenvalue weighted by Gasteiger charge is -2.13. The molecule has 1 aromatic rings. The van der Waals surface area contributed by atoms with Crippen molar-refractivity contribution in [3.8, 4) is 5.75 Å². The van der Waals surface area contributed by atoms with Gasteiger partial charge in [0.1, 0.15) is 0 Å². The quantitative estimate of drug-likeness (QED) is 0.401. The highest BCUT2D eigenvalue weighted by Crippen LogP contribution is 2.27. The van der Waals surface area contributed by atoms with E-state index in [1.165, 1.54) is 12.1 Å². The number of hydrogen-bond donors (Lipinski definition) is 3. The number of carbonyl (C=O) groups is 1. The van der Waals surface area contributed by atoms with Crippen LogP contribution in [-0.2, 0) is 0 Å². The number of halogens is 1. The molecule has 5 nitrogen and oxygen atoms in total. The first kappa shape index (κ1) is 10.1. The van der Waals surface area contributed by atoms with E-state index < -0.39 is 11.0 Å². The van der Waals surface area contributed by atoms with E-state index in [1.54, 1.807) is 0 Å². The summed E-state index contributed by atoms with van der Waals surface area (Å²) in [6.45, 7) is 0. The zero-order valence-corrected chi connectivity index (χ0v) is 7.91. The topological polar surface area (TPSA) is 85.0 Å². The number of benzene rings is 1. The Hall–Kier alpha value is -0.950. The minimum absolute atomic E-state index is 0.0493. The Labute approximate surface area is 81.9 Å². The number of aromatic hydroxyl groups is 1. The lowest BCUT2D eigenvalue weighted by molar-refractivity contribution is -0.991. The third kappa shape index (κ3) is 2.04. The van der Waals surface area contributed by atoms with E-state index >= 15 is 0 Å². The van der Waals surface area contributed by atoms with Gasteiger partial charge in [0.05, 0.1) is 5.56 Å². The van der Waals surface area contributed by atoms with Crippen molar-refractivity contribution in [3.63, 3.8) is 0 Å². The lowest BCUT2D eigenvalue weighted by atomic mass is 10.2. The van der Waals surface area contributed by atoms with Gasteiger partial charge >= 0.3 is 0 Å². The van der Waals surface area contributed by atoms with Gasteiger partial charge in [0.25, 0.3) is 0 Å². The van der Waals surface area contributed by atoms with Crippen molar-refractivity contribution in [1.82, 2.24) is 0 Å². The molecular weight excluding hydrogens is 242 g/mol. The van der Waals surface area contributed by atoms with Crippen molar-refractivity contribution in [2.45, 2.75) is 0 Å². The summed E-state index contributed by atoms with van der Waals surface area (Å²) in [5.74, 6) is -0.509. The molecule has 70 valence electrons. The highest BCUT2D eigenvalue weighted by Gasteiger charge is 2.13. The largest absolute Gasteiger partial charge is 0.595 e. The Kier molecular flexibility index (Phi) is 2.99. The van der Waals surface area contributed by atoms with Crippen molar-refractivity contribution in [1.29, 1.82) is 0 Å². The summed E-state index contributed by atoms with van der Waals surface area (Å²) >= 11 is 3.02. The van der Waals surface area contributed by atoms with E-state index in [9.17, 15) is 15.1 Å². The van der Waals surface area contributed by atoms with Crippen LogP contribution in [0.15, 0.2) is 16.6 Å². The molecule has 0 saturated carbocycles. The SMILES string of the molecule is O=Cc1cc(Br)cc([NH+]([O-])O)c1O. The molecule has 0 spiro atoms. The lowest BCUT2D eigenvalue weighted by Crippen LogP contribution is -2.99. The van der Waals surface area contributed by atoms with Crippen LogP contribution >= 0.6 is 15.9 Å². The Morgan fingerprint density at radius 3 is 2.62 bits per heavy atom. The fourth-order valence-corrected chi connectivity index (χ4v) is 1.35. The molecule has 0 aliphatic carbocycles.